The fourth-order valence-corrected chi connectivity index (χ4v) is 1.69. The number of hydrogen-bond acceptors (Lipinski definition) is 7. The van der Waals surface area contributed by atoms with Crippen molar-refractivity contribution in [2.24, 2.45) is 0 Å². The van der Waals surface area contributed by atoms with Crippen molar-refractivity contribution in [3.63, 3.8) is 0 Å². The van der Waals surface area contributed by atoms with Gasteiger partial charge in [-0.3, -0.25) is 8.37 Å². The molecule has 0 unspecified atom stereocenters. The first-order valence-corrected chi connectivity index (χ1v) is 8.30. The molecule has 0 radical (unpaired) electrons. The Bertz CT molecular complexity index is 346. The number of ether oxygens (including phenoxy) is 1. The molecule has 0 aliphatic carbocycles. The molecule has 0 aromatic heterocycles. The van der Waals surface area contributed by atoms with Crippen LogP contribution in [0.4, 0.5) is 0 Å². The van der Waals surface area contributed by atoms with Crippen molar-refractivity contribution in [2.45, 2.75) is 13.8 Å². The third-order valence-corrected chi connectivity index (χ3v) is 4.15. The molecular weight excluding hydrogens is 272 g/mol. The first kappa shape index (κ1) is 16.8. The summed E-state index contributed by atoms with van der Waals surface area (Å²) < 4.78 is 57.5. The Kier molecular flexibility index (Phi) is 7.88. The van der Waals surface area contributed by atoms with E-state index in [0.29, 0.717) is 0 Å². The van der Waals surface area contributed by atoms with Gasteiger partial charge in [0.1, 0.15) is 0 Å². The van der Waals surface area contributed by atoms with Gasteiger partial charge in [-0.1, -0.05) is 0 Å². The summed E-state index contributed by atoms with van der Waals surface area (Å²) in [7, 11) is -6.89. The molecule has 0 bridgehead atoms. The van der Waals surface area contributed by atoms with E-state index in [1.54, 1.807) is 0 Å². The minimum absolute atomic E-state index is 0.0642. The molecule has 0 spiro atoms. The van der Waals surface area contributed by atoms with Gasteiger partial charge in [0.05, 0.1) is 37.9 Å². The fraction of sp³-hybridized carbons (Fsp3) is 1.00. The van der Waals surface area contributed by atoms with Gasteiger partial charge in [-0.15, -0.1) is 0 Å². The molecule has 0 fully saturated rings. The van der Waals surface area contributed by atoms with E-state index in [4.69, 9.17) is 4.74 Å². The SMILES string of the molecule is CCS(=O)(=O)OCCOCCOS(=O)(=O)CC. The second-order valence-electron chi connectivity index (χ2n) is 2.95. The van der Waals surface area contributed by atoms with Crippen molar-refractivity contribution in [3.8, 4) is 0 Å². The van der Waals surface area contributed by atoms with Crippen LogP contribution in [0.3, 0.4) is 0 Å². The second-order valence-corrected chi connectivity index (χ2v) is 6.81. The first-order chi connectivity index (χ1) is 7.83. The molecule has 0 heterocycles. The molecular formula is C8H18O7S2. The Morgan fingerprint density at radius 1 is 0.706 bits per heavy atom. The van der Waals surface area contributed by atoms with Crippen molar-refractivity contribution < 1.29 is 29.9 Å². The lowest BCUT2D eigenvalue weighted by atomic mass is 10.7. The average molecular weight is 290 g/mol. The van der Waals surface area contributed by atoms with Gasteiger partial charge < -0.3 is 4.74 Å². The molecule has 0 aliphatic rings. The van der Waals surface area contributed by atoms with Gasteiger partial charge in [0.25, 0.3) is 20.2 Å². The lowest BCUT2D eigenvalue weighted by Gasteiger charge is -2.05. The molecule has 0 saturated carbocycles. The highest BCUT2D eigenvalue weighted by Crippen LogP contribution is 1.94. The Hall–Kier alpha value is -0.220. The van der Waals surface area contributed by atoms with Crippen LogP contribution in [0.1, 0.15) is 13.8 Å². The summed E-state index contributed by atoms with van der Waals surface area (Å²) in [6, 6.07) is 0. The molecule has 0 aliphatic heterocycles. The number of hydrogen-bond donors (Lipinski definition) is 0. The molecule has 104 valence electrons. The predicted octanol–water partition coefficient (Wildman–Crippen LogP) is -0.264. The molecule has 9 heteroatoms. The maximum absolute atomic E-state index is 10.9. The van der Waals surface area contributed by atoms with Crippen molar-refractivity contribution in [3.05, 3.63) is 0 Å². The van der Waals surface area contributed by atoms with Gasteiger partial charge in [-0.2, -0.15) is 16.8 Å². The smallest absolute Gasteiger partial charge is 0.267 e. The van der Waals surface area contributed by atoms with E-state index >= 15 is 0 Å². The minimum Gasteiger partial charge on any atom is -0.377 e. The molecule has 0 N–H and O–H groups in total. The second kappa shape index (κ2) is 7.98. The van der Waals surface area contributed by atoms with Crippen molar-refractivity contribution >= 4 is 20.2 Å². The topological polar surface area (TPSA) is 96.0 Å². The zero-order valence-corrected chi connectivity index (χ0v) is 11.5. The van der Waals surface area contributed by atoms with E-state index in [9.17, 15) is 16.8 Å². The quantitative estimate of drug-likeness (QED) is 0.404. The molecule has 0 aromatic rings. The molecule has 0 saturated heterocycles. The summed E-state index contributed by atoms with van der Waals surface area (Å²) in [6.45, 7) is 2.90. The Morgan fingerprint density at radius 3 is 1.35 bits per heavy atom. The van der Waals surface area contributed by atoms with Crippen LogP contribution in [0.15, 0.2) is 0 Å². The van der Waals surface area contributed by atoms with Crippen LogP contribution in [0.5, 0.6) is 0 Å². The Morgan fingerprint density at radius 2 is 1.06 bits per heavy atom. The lowest BCUT2D eigenvalue weighted by molar-refractivity contribution is 0.0795. The van der Waals surface area contributed by atoms with Crippen LogP contribution in [0, 0.1) is 0 Å². The average Bonchev–Trinajstić information content (AvgIpc) is 2.27. The van der Waals surface area contributed by atoms with E-state index in [1.165, 1.54) is 13.8 Å². The molecule has 17 heavy (non-hydrogen) atoms. The summed E-state index contributed by atoms with van der Waals surface area (Å²) in [5.74, 6) is -0.185. The van der Waals surface area contributed by atoms with Crippen LogP contribution in [-0.4, -0.2) is 54.8 Å². The van der Waals surface area contributed by atoms with Crippen LogP contribution in [0.2, 0.25) is 0 Å². The molecule has 0 atom stereocenters. The third-order valence-electron chi connectivity index (χ3n) is 1.69. The van der Waals surface area contributed by atoms with Crippen molar-refractivity contribution in [2.75, 3.05) is 37.9 Å². The molecule has 0 aromatic carbocycles. The lowest BCUT2D eigenvalue weighted by Crippen LogP contribution is -2.16. The van der Waals surface area contributed by atoms with Gasteiger partial charge in [0.15, 0.2) is 0 Å². The highest BCUT2D eigenvalue weighted by Gasteiger charge is 2.07. The van der Waals surface area contributed by atoms with E-state index in [2.05, 4.69) is 8.37 Å². The zero-order chi connectivity index (χ0) is 13.4. The third kappa shape index (κ3) is 9.48. The molecule has 7 nitrogen and oxygen atoms in total. The van der Waals surface area contributed by atoms with Gasteiger partial charge in [0.2, 0.25) is 0 Å². The normalized spacial score (nSPS) is 12.8. The van der Waals surface area contributed by atoms with E-state index in [1.807, 2.05) is 0 Å². The van der Waals surface area contributed by atoms with Crippen LogP contribution in [0.25, 0.3) is 0 Å². The predicted molar refractivity (Wildman–Crippen MR) is 61.6 cm³/mol. The van der Waals surface area contributed by atoms with Gasteiger partial charge in [0, 0.05) is 0 Å². The largest absolute Gasteiger partial charge is 0.377 e. The summed E-state index contributed by atoms with van der Waals surface area (Å²) >= 11 is 0. The van der Waals surface area contributed by atoms with Crippen molar-refractivity contribution in [1.82, 2.24) is 0 Å². The maximum atomic E-state index is 10.9. The highest BCUT2D eigenvalue weighted by molar-refractivity contribution is 7.86. The van der Waals surface area contributed by atoms with Crippen LogP contribution in [-0.2, 0) is 33.3 Å². The standard InChI is InChI=1S/C8H18O7S2/c1-3-16(9,10)14-7-5-13-6-8-15-17(11,12)4-2/h3-8H2,1-2H3. The summed E-state index contributed by atoms with van der Waals surface area (Å²) in [4.78, 5) is 0. The molecule has 0 rings (SSSR count). The van der Waals surface area contributed by atoms with Crippen LogP contribution < -0.4 is 0 Å². The number of rotatable bonds is 10. The summed E-state index contributed by atoms with van der Waals surface area (Å²) in [5, 5.41) is 0. The van der Waals surface area contributed by atoms with Gasteiger partial charge in [-0.25, -0.2) is 0 Å². The summed E-state index contributed by atoms with van der Waals surface area (Å²) in [5.41, 5.74) is 0. The molecule has 0 amide bonds. The van der Waals surface area contributed by atoms with Gasteiger partial charge >= 0.3 is 0 Å². The monoisotopic (exact) mass is 290 g/mol. The van der Waals surface area contributed by atoms with Gasteiger partial charge in [-0.05, 0) is 13.8 Å². The maximum Gasteiger partial charge on any atom is 0.267 e. The highest BCUT2D eigenvalue weighted by atomic mass is 32.2. The fourth-order valence-electron chi connectivity index (χ4n) is 0.709. The van der Waals surface area contributed by atoms with E-state index in [-0.39, 0.29) is 37.9 Å². The minimum atomic E-state index is -3.45. The van der Waals surface area contributed by atoms with E-state index < -0.39 is 20.2 Å². The zero-order valence-electron chi connectivity index (χ0n) is 9.92. The van der Waals surface area contributed by atoms with Crippen LogP contribution >= 0.6 is 0 Å². The first-order valence-electron chi connectivity index (χ1n) is 5.15. The van der Waals surface area contributed by atoms with E-state index in [0.717, 1.165) is 0 Å². The summed E-state index contributed by atoms with van der Waals surface area (Å²) in [6.07, 6.45) is 0. The van der Waals surface area contributed by atoms with Crippen molar-refractivity contribution in [1.29, 1.82) is 0 Å². The Labute approximate surface area is 102 Å². The Balaban J connectivity index is 3.49.